The minimum Gasteiger partial charge on any atom is -0.390 e. The van der Waals surface area contributed by atoms with Gasteiger partial charge in [-0.1, -0.05) is 60.7 Å². The highest BCUT2D eigenvalue weighted by molar-refractivity contribution is 5.19. The summed E-state index contributed by atoms with van der Waals surface area (Å²) < 4.78 is 0. The molecule has 2 atom stereocenters. The Morgan fingerprint density at radius 2 is 1.33 bits per heavy atom. The largest absolute Gasteiger partial charge is 0.390 e. The van der Waals surface area contributed by atoms with Gasteiger partial charge >= 0.3 is 0 Å². The van der Waals surface area contributed by atoms with Gasteiger partial charge < -0.3 is 10.2 Å². The normalized spacial score (nSPS) is 14.1. The van der Waals surface area contributed by atoms with E-state index in [0.717, 1.165) is 12.0 Å². The minimum absolute atomic E-state index is 0.556. The van der Waals surface area contributed by atoms with Gasteiger partial charge in [0.05, 0.1) is 6.10 Å². The molecule has 0 aromatic heterocycles. The first kappa shape index (κ1) is 12.8. The second-order valence-corrected chi connectivity index (χ2v) is 4.45. The molecule has 0 heterocycles. The fraction of sp³-hybridized carbons (Fsp3) is 0.250. The van der Waals surface area contributed by atoms with E-state index in [2.05, 4.69) is 0 Å². The molecule has 0 saturated carbocycles. The lowest BCUT2D eigenvalue weighted by atomic mass is 9.99. The van der Waals surface area contributed by atoms with Crippen LogP contribution < -0.4 is 0 Å². The second-order valence-electron chi connectivity index (χ2n) is 4.45. The van der Waals surface area contributed by atoms with Crippen molar-refractivity contribution in [2.45, 2.75) is 25.0 Å². The smallest absolute Gasteiger partial charge is 0.105 e. The molecule has 0 amide bonds. The highest BCUT2D eigenvalue weighted by Crippen LogP contribution is 2.19. The summed E-state index contributed by atoms with van der Waals surface area (Å²) in [6, 6.07) is 19.3. The zero-order valence-electron chi connectivity index (χ0n) is 10.2. The SMILES string of the molecule is O[C@@H](CCc1ccccc1)[C@@H](O)c1ccccc1. The molecule has 2 nitrogen and oxygen atoms in total. The van der Waals surface area contributed by atoms with Crippen molar-refractivity contribution < 1.29 is 10.2 Å². The van der Waals surface area contributed by atoms with Gasteiger partial charge in [-0.2, -0.15) is 0 Å². The van der Waals surface area contributed by atoms with Crippen molar-refractivity contribution in [3.63, 3.8) is 0 Å². The Balaban J connectivity index is 1.90. The number of hydrogen-bond donors (Lipinski definition) is 2. The zero-order chi connectivity index (χ0) is 12.8. The van der Waals surface area contributed by atoms with Gasteiger partial charge in [0, 0.05) is 0 Å². The lowest BCUT2D eigenvalue weighted by Crippen LogP contribution is -2.18. The van der Waals surface area contributed by atoms with Gasteiger partial charge in [0.1, 0.15) is 6.10 Å². The summed E-state index contributed by atoms with van der Waals surface area (Å²) in [6.45, 7) is 0. The molecule has 0 fully saturated rings. The topological polar surface area (TPSA) is 40.5 Å². The van der Waals surface area contributed by atoms with E-state index in [9.17, 15) is 10.2 Å². The van der Waals surface area contributed by atoms with Gasteiger partial charge in [0.15, 0.2) is 0 Å². The first-order valence-corrected chi connectivity index (χ1v) is 6.22. The summed E-state index contributed by atoms with van der Waals surface area (Å²) in [4.78, 5) is 0. The monoisotopic (exact) mass is 242 g/mol. The van der Waals surface area contributed by atoms with Crippen LogP contribution in [0.4, 0.5) is 0 Å². The molecular weight excluding hydrogens is 224 g/mol. The molecule has 0 radical (unpaired) electrons. The summed E-state index contributed by atoms with van der Waals surface area (Å²) in [5.74, 6) is 0. The molecule has 0 spiro atoms. The number of aliphatic hydroxyl groups is 2. The van der Waals surface area contributed by atoms with Gasteiger partial charge in [-0.15, -0.1) is 0 Å². The minimum atomic E-state index is -0.810. The lowest BCUT2D eigenvalue weighted by Gasteiger charge is -2.18. The van der Waals surface area contributed by atoms with Crippen molar-refractivity contribution in [3.8, 4) is 0 Å². The Labute approximate surface area is 108 Å². The Kier molecular flexibility index (Phi) is 4.51. The quantitative estimate of drug-likeness (QED) is 0.846. The lowest BCUT2D eigenvalue weighted by molar-refractivity contribution is 0.0137. The van der Waals surface area contributed by atoms with Gasteiger partial charge in [-0.05, 0) is 24.0 Å². The molecule has 0 bridgehead atoms. The molecule has 0 aliphatic carbocycles. The highest BCUT2D eigenvalue weighted by Gasteiger charge is 2.17. The first-order valence-electron chi connectivity index (χ1n) is 6.22. The Bertz CT molecular complexity index is 453. The van der Waals surface area contributed by atoms with Crippen LogP contribution in [-0.2, 0) is 6.42 Å². The van der Waals surface area contributed by atoms with Crippen LogP contribution in [0.3, 0.4) is 0 Å². The molecule has 0 unspecified atom stereocenters. The van der Waals surface area contributed by atoms with Crippen LogP contribution in [0, 0.1) is 0 Å². The van der Waals surface area contributed by atoms with Crippen molar-refractivity contribution in [3.05, 3.63) is 71.8 Å². The van der Waals surface area contributed by atoms with Crippen molar-refractivity contribution >= 4 is 0 Å². The zero-order valence-corrected chi connectivity index (χ0v) is 10.2. The third kappa shape index (κ3) is 3.42. The van der Waals surface area contributed by atoms with Crippen LogP contribution in [0.25, 0.3) is 0 Å². The second kappa shape index (κ2) is 6.34. The summed E-state index contributed by atoms with van der Waals surface area (Å²) in [7, 11) is 0. The third-order valence-electron chi connectivity index (χ3n) is 3.08. The molecule has 2 aromatic carbocycles. The molecular formula is C16H18O2. The summed E-state index contributed by atoms with van der Waals surface area (Å²) in [6.07, 6.45) is -0.214. The Morgan fingerprint density at radius 1 is 0.778 bits per heavy atom. The van der Waals surface area contributed by atoms with Crippen LogP contribution in [0.15, 0.2) is 60.7 Å². The van der Waals surface area contributed by atoms with Gasteiger partial charge in [0.25, 0.3) is 0 Å². The van der Waals surface area contributed by atoms with Crippen LogP contribution in [0.5, 0.6) is 0 Å². The molecule has 0 aliphatic heterocycles. The molecule has 94 valence electrons. The van der Waals surface area contributed by atoms with E-state index in [1.54, 1.807) is 0 Å². The molecule has 0 aliphatic rings. The molecule has 2 N–H and O–H groups in total. The fourth-order valence-corrected chi connectivity index (χ4v) is 1.99. The summed E-state index contributed by atoms with van der Waals surface area (Å²) >= 11 is 0. The maximum Gasteiger partial charge on any atom is 0.105 e. The number of aryl methyl sites for hydroxylation is 1. The molecule has 18 heavy (non-hydrogen) atoms. The van der Waals surface area contributed by atoms with Crippen molar-refractivity contribution in [2.75, 3.05) is 0 Å². The van der Waals surface area contributed by atoms with Gasteiger partial charge in [0.2, 0.25) is 0 Å². The number of hydrogen-bond acceptors (Lipinski definition) is 2. The van der Waals surface area contributed by atoms with E-state index < -0.39 is 12.2 Å². The van der Waals surface area contributed by atoms with Crippen molar-refractivity contribution in [2.24, 2.45) is 0 Å². The Morgan fingerprint density at radius 3 is 1.94 bits per heavy atom. The third-order valence-corrected chi connectivity index (χ3v) is 3.08. The standard InChI is InChI=1S/C16H18O2/c17-15(12-11-13-7-3-1-4-8-13)16(18)14-9-5-2-6-10-14/h1-10,15-18H,11-12H2/t15-,16-/m0/s1. The molecule has 2 aromatic rings. The van der Waals surface area contributed by atoms with E-state index in [1.165, 1.54) is 5.56 Å². The average Bonchev–Trinajstić information content (AvgIpc) is 2.46. The van der Waals surface area contributed by atoms with Crippen molar-refractivity contribution in [1.82, 2.24) is 0 Å². The summed E-state index contributed by atoms with van der Waals surface area (Å²) in [5, 5.41) is 20.0. The molecule has 0 saturated heterocycles. The predicted molar refractivity (Wildman–Crippen MR) is 72.2 cm³/mol. The van der Waals surface area contributed by atoms with E-state index in [4.69, 9.17) is 0 Å². The first-order chi connectivity index (χ1) is 8.77. The van der Waals surface area contributed by atoms with Gasteiger partial charge in [-0.25, -0.2) is 0 Å². The average molecular weight is 242 g/mol. The van der Waals surface area contributed by atoms with Gasteiger partial charge in [-0.3, -0.25) is 0 Å². The number of rotatable bonds is 5. The molecule has 2 rings (SSSR count). The van der Waals surface area contributed by atoms with Crippen molar-refractivity contribution in [1.29, 1.82) is 0 Å². The van der Waals surface area contributed by atoms with Crippen LogP contribution in [0.1, 0.15) is 23.7 Å². The molecule has 2 heteroatoms. The maximum absolute atomic E-state index is 10.0. The maximum atomic E-state index is 10.0. The summed E-state index contributed by atoms with van der Waals surface area (Å²) in [5.41, 5.74) is 1.94. The predicted octanol–water partition coefficient (Wildman–Crippen LogP) is 2.71. The fourth-order valence-electron chi connectivity index (χ4n) is 1.99. The Hall–Kier alpha value is -1.64. The van der Waals surface area contributed by atoms with Crippen LogP contribution >= 0.6 is 0 Å². The highest BCUT2D eigenvalue weighted by atomic mass is 16.3. The number of aliphatic hydroxyl groups excluding tert-OH is 2. The van der Waals surface area contributed by atoms with E-state index in [1.807, 2.05) is 60.7 Å². The van der Waals surface area contributed by atoms with Crippen LogP contribution in [0.2, 0.25) is 0 Å². The number of benzene rings is 2. The van der Waals surface area contributed by atoms with Crippen LogP contribution in [-0.4, -0.2) is 16.3 Å². The van der Waals surface area contributed by atoms with E-state index in [0.29, 0.717) is 6.42 Å². The van der Waals surface area contributed by atoms with E-state index >= 15 is 0 Å². The van der Waals surface area contributed by atoms with E-state index in [-0.39, 0.29) is 0 Å².